The zero-order valence-corrected chi connectivity index (χ0v) is 13.3. The number of nitriles is 1. The standard InChI is InChI=1S/C19H12FNO2S/c20-17-7-9-18(10-8-17)24(22,23)19(13-21)12-14-5-6-15-3-1-2-4-16(15)11-14/h1-12H. The molecule has 0 aliphatic carbocycles. The average Bonchev–Trinajstić information content (AvgIpc) is 2.59. The SMILES string of the molecule is N#CC(=Cc1ccc2ccccc2c1)S(=O)(=O)c1ccc(F)cc1. The number of allylic oxidation sites excluding steroid dienone is 1. The Hall–Kier alpha value is -2.97. The molecule has 24 heavy (non-hydrogen) atoms. The number of benzene rings is 3. The van der Waals surface area contributed by atoms with Crippen molar-refractivity contribution in [3.05, 3.63) is 83.0 Å². The van der Waals surface area contributed by atoms with Crippen molar-refractivity contribution in [1.29, 1.82) is 5.26 Å². The Balaban J connectivity index is 2.07. The average molecular weight is 337 g/mol. The summed E-state index contributed by atoms with van der Waals surface area (Å²) >= 11 is 0. The highest BCUT2D eigenvalue weighted by Crippen LogP contribution is 2.23. The van der Waals surface area contributed by atoms with Crippen LogP contribution in [0.5, 0.6) is 0 Å². The van der Waals surface area contributed by atoms with Gasteiger partial charge in [0, 0.05) is 0 Å². The molecule has 0 N–H and O–H groups in total. The number of hydrogen-bond donors (Lipinski definition) is 0. The minimum Gasteiger partial charge on any atom is -0.218 e. The van der Waals surface area contributed by atoms with E-state index in [9.17, 15) is 18.1 Å². The molecule has 0 heterocycles. The van der Waals surface area contributed by atoms with Gasteiger partial charge in [0.1, 0.15) is 16.8 Å². The van der Waals surface area contributed by atoms with Gasteiger partial charge >= 0.3 is 0 Å². The van der Waals surface area contributed by atoms with Crippen molar-refractivity contribution < 1.29 is 12.8 Å². The van der Waals surface area contributed by atoms with Crippen molar-refractivity contribution in [2.24, 2.45) is 0 Å². The summed E-state index contributed by atoms with van der Waals surface area (Å²) in [5.41, 5.74) is 0.607. The molecule has 0 unspecified atom stereocenters. The molecule has 0 amide bonds. The van der Waals surface area contributed by atoms with Crippen LogP contribution in [0, 0.1) is 17.1 Å². The third-order valence-electron chi connectivity index (χ3n) is 3.59. The molecule has 0 spiro atoms. The van der Waals surface area contributed by atoms with Gasteiger partial charge in [-0.1, -0.05) is 36.4 Å². The summed E-state index contributed by atoms with van der Waals surface area (Å²) in [4.78, 5) is -0.498. The largest absolute Gasteiger partial charge is 0.218 e. The molecule has 118 valence electrons. The summed E-state index contributed by atoms with van der Waals surface area (Å²) in [5.74, 6) is -0.536. The Bertz CT molecular complexity index is 1080. The molecule has 3 nitrogen and oxygen atoms in total. The molecule has 0 aliphatic rings. The van der Waals surface area contributed by atoms with Gasteiger partial charge in [-0.3, -0.25) is 0 Å². The van der Waals surface area contributed by atoms with E-state index < -0.39 is 15.7 Å². The van der Waals surface area contributed by atoms with E-state index in [1.165, 1.54) is 6.08 Å². The fraction of sp³-hybridized carbons (Fsp3) is 0. The molecule has 3 rings (SSSR count). The van der Waals surface area contributed by atoms with Gasteiger partial charge in [-0.15, -0.1) is 0 Å². The highest BCUT2D eigenvalue weighted by atomic mass is 32.2. The van der Waals surface area contributed by atoms with Crippen LogP contribution in [-0.2, 0) is 9.84 Å². The lowest BCUT2D eigenvalue weighted by molar-refractivity contribution is 0.601. The maximum atomic E-state index is 13.0. The molecular formula is C19H12FNO2S. The Morgan fingerprint density at radius 2 is 1.62 bits per heavy atom. The normalized spacial score (nSPS) is 12.1. The van der Waals surface area contributed by atoms with Gasteiger partial charge in [-0.05, 0) is 52.7 Å². The number of nitrogens with zero attached hydrogens (tertiary/aromatic N) is 1. The molecule has 0 fully saturated rings. The Kier molecular flexibility index (Phi) is 4.15. The van der Waals surface area contributed by atoms with Crippen molar-refractivity contribution in [3.8, 4) is 6.07 Å². The molecule has 0 bridgehead atoms. The molecule has 0 radical (unpaired) electrons. The molecule has 0 saturated heterocycles. The third kappa shape index (κ3) is 3.05. The quantitative estimate of drug-likeness (QED) is 0.528. The monoisotopic (exact) mass is 337 g/mol. The van der Waals surface area contributed by atoms with E-state index in [1.807, 2.05) is 36.4 Å². The van der Waals surface area contributed by atoms with E-state index in [1.54, 1.807) is 12.1 Å². The second-order valence-corrected chi connectivity index (χ2v) is 7.10. The summed E-state index contributed by atoms with van der Waals surface area (Å²) < 4.78 is 38.0. The highest BCUT2D eigenvalue weighted by Gasteiger charge is 2.20. The molecule has 0 saturated carbocycles. The summed E-state index contributed by atoms with van der Waals surface area (Å²) in [6.07, 6.45) is 1.32. The van der Waals surface area contributed by atoms with Gasteiger partial charge in [0.15, 0.2) is 0 Å². The molecule has 0 aromatic heterocycles. The predicted molar refractivity (Wildman–Crippen MR) is 91.1 cm³/mol. The van der Waals surface area contributed by atoms with Gasteiger partial charge in [-0.2, -0.15) is 5.26 Å². The van der Waals surface area contributed by atoms with Crippen LogP contribution < -0.4 is 0 Å². The second kappa shape index (κ2) is 6.26. The van der Waals surface area contributed by atoms with Crippen LogP contribution in [0.1, 0.15) is 5.56 Å². The van der Waals surface area contributed by atoms with E-state index in [2.05, 4.69) is 0 Å². The van der Waals surface area contributed by atoms with Gasteiger partial charge < -0.3 is 0 Å². The zero-order chi connectivity index (χ0) is 17.2. The minimum absolute atomic E-state index is 0.113. The lowest BCUT2D eigenvalue weighted by Gasteiger charge is -2.04. The van der Waals surface area contributed by atoms with Gasteiger partial charge in [-0.25, -0.2) is 12.8 Å². The number of fused-ring (bicyclic) bond motifs is 1. The molecule has 3 aromatic rings. The number of halogens is 1. The number of rotatable bonds is 3. The fourth-order valence-corrected chi connectivity index (χ4v) is 3.52. The lowest BCUT2D eigenvalue weighted by atomic mass is 10.1. The molecule has 0 aliphatic heterocycles. The molecule has 3 aromatic carbocycles. The van der Waals surface area contributed by atoms with E-state index >= 15 is 0 Å². The first-order valence-corrected chi connectivity index (χ1v) is 8.60. The maximum Gasteiger partial charge on any atom is 0.216 e. The summed E-state index contributed by atoms with van der Waals surface area (Å²) in [7, 11) is -3.99. The van der Waals surface area contributed by atoms with Crippen molar-refractivity contribution in [3.63, 3.8) is 0 Å². The van der Waals surface area contributed by atoms with Crippen molar-refractivity contribution in [2.45, 2.75) is 4.90 Å². The van der Waals surface area contributed by atoms with Crippen LogP contribution >= 0.6 is 0 Å². The molecular weight excluding hydrogens is 325 g/mol. The summed E-state index contributed by atoms with van der Waals surface area (Å²) in [6, 6.07) is 19.2. The topological polar surface area (TPSA) is 57.9 Å². The molecule has 5 heteroatoms. The van der Waals surface area contributed by atoms with E-state index in [4.69, 9.17) is 0 Å². The first-order valence-electron chi connectivity index (χ1n) is 7.12. The Morgan fingerprint density at radius 1 is 0.958 bits per heavy atom. The Morgan fingerprint density at radius 3 is 2.29 bits per heavy atom. The summed E-state index contributed by atoms with van der Waals surface area (Å²) in [6.45, 7) is 0. The van der Waals surface area contributed by atoms with Crippen LogP contribution in [0.4, 0.5) is 4.39 Å². The van der Waals surface area contributed by atoms with E-state index in [-0.39, 0.29) is 9.80 Å². The smallest absolute Gasteiger partial charge is 0.216 e. The van der Waals surface area contributed by atoms with Crippen LogP contribution in [-0.4, -0.2) is 8.42 Å². The van der Waals surface area contributed by atoms with Gasteiger partial charge in [0.05, 0.1) is 4.90 Å². The fourth-order valence-electron chi connectivity index (χ4n) is 2.36. The van der Waals surface area contributed by atoms with Crippen molar-refractivity contribution >= 4 is 26.7 Å². The highest BCUT2D eigenvalue weighted by molar-refractivity contribution is 7.95. The van der Waals surface area contributed by atoms with E-state index in [0.717, 1.165) is 35.0 Å². The van der Waals surface area contributed by atoms with E-state index in [0.29, 0.717) is 5.56 Å². The van der Waals surface area contributed by atoms with Crippen LogP contribution in [0.15, 0.2) is 76.5 Å². The van der Waals surface area contributed by atoms with Gasteiger partial charge in [0.25, 0.3) is 0 Å². The van der Waals surface area contributed by atoms with Crippen LogP contribution in [0.2, 0.25) is 0 Å². The second-order valence-electron chi connectivity index (χ2n) is 5.18. The number of hydrogen-bond acceptors (Lipinski definition) is 3. The first kappa shape index (κ1) is 15.9. The first-order chi connectivity index (χ1) is 11.5. The van der Waals surface area contributed by atoms with Crippen molar-refractivity contribution in [1.82, 2.24) is 0 Å². The predicted octanol–water partition coefficient (Wildman–Crippen LogP) is 4.32. The lowest BCUT2D eigenvalue weighted by Crippen LogP contribution is -2.03. The molecule has 0 atom stereocenters. The van der Waals surface area contributed by atoms with Gasteiger partial charge in [0.2, 0.25) is 9.84 Å². The van der Waals surface area contributed by atoms with Crippen LogP contribution in [0.25, 0.3) is 16.8 Å². The third-order valence-corrected chi connectivity index (χ3v) is 5.28. The van der Waals surface area contributed by atoms with Crippen molar-refractivity contribution in [2.75, 3.05) is 0 Å². The van der Waals surface area contributed by atoms with Crippen LogP contribution in [0.3, 0.4) is 0 Å². The number of sulfone groups is 1. The zero-order valence-electron chi connectivity index (χ0n) is 12.5. The minimum atomic E-state index is -3.99. The maximum absolute atomic E-state index is 13.0. The Labute approximate surface area is 139 Å². The summed E-state index contributed by atoms with van der Waals surface area (Å²) in [5, 5.41) is 11.3.